The van der Waals surface area contributed by atoms with Crippen LogP contribution in [0.4, 0.5) is 0 Å². The summed E-state index contributed by atoms with van der Waals surface area (Å²) in [4.78, 5) is 23.1. The zero-order valence-corrected chi connectivity index (χ0v) is 10.6. The van der Waals surface area contributed by atoms with Gasteiger partial charge in [-0.2, -0.15) is 0 Å². The van der Waals surface area contributed by atoms with Crippen molar-refractivity contribution in [2.24, 2.45) is 11.8 Å². The molecule has 1 saturated carbocycles. The summed E-state index contributed by atoms with van der Waals surface area (Å²) in [5.41, 5.74) is 0. The van der Waals surface area contributed by atoms with Crippen molar-refractivity contribution < 1.29 is 14.3 Å². The number of hydrogen-bond donors (Lipinski definition) is 0. The fourth-order valence-corrected chi connectivity index (χ4v) is 2.24. The molecule has 0 saturated heterocycles. The first-order valence-corrected chi connectivity index (χ1v) is 6.33. The minimum Gasteiger partial charge on any atom is -0.466 e. The van der Waals surface area contributed by atoms with E-state index in [0.29, 0.717) is 25.9 Å². The third kappa shape index (κ3) is 4.22. The van der Waals surface area contributed by atoms with Gasteiger partial charge in [-0.15, -0.1) is 11.8 Å². The number of ether oxygens (including phenoxy) is 1. The summed E-state index contributed by atoms with van der Waals surface area (Å²) in [6.07, 6.45) is 3.15. The summed E-state index contributed by atoms with van der Waals surface area (Å²) in [7, 11) is 0. The van der Waals surface area contributed by atoms with E-state index in [1.54, 1.807) is 6.92 Å². The van der Waals surface area contributed by atoms with Gasteiger partial charge >= 0.3 is 5.97 Å². The minimum atomic E-state index is -0.194. The number of Topliss-reactive ketones (excluding diaryl/α,β-unsaturated/α-hetero) is 1. The summed E-state index contributed by atoms with van der Waals surface area (Å²) in [6, 6.07) is 0. The first-order valence-electron chi connectivity index (χ1n) is 6.33. The average molecular weight is 236 g/mol. The lowest BCUT2D eigenvalue weighted by Gasteiger charge is -2.14. The number of carbonyl (C=O) groups is 2. The Kier molecular flexibility index (Phi) is 5.76. The highest BCUT2D eigenvalue weighted by Gasteiger charge is 2.35. The maximum atomic E-state index is 11.7. The van der Waals surface area contributed by atoms with E-state index in [-0.39, 0.29) is 23.6 Å². The van der Waals surface area contributed by atoms with Crippen LogP contribution in [0, 0.1) is 23.7 Å². The maximum Gasteiger partial charge on any atom is 0.306 e. The van der Waals surface area contributed by atoms with Gasteiger partial charge in [-0.3, -0.25) is 9.59 Å². The average Bonchev–Trinajstić information content (AvgIpc) is 2.62. The largest absolute Gasteiger partial charge is 0.466 e. The monoisotopic (exact) mass is 236 g/mol. The lowest BCUT2D eigenvalue weighted by Crippen LogP contribution is -2.18. The van der Waals surface area contributed by atoms with Crippen molar-refractivity contribution in [2.75, 3.05) is 6.61 Å². The molecule has 3 nitrogen and oxygen atoms in total. The number of hydrogen-bond acceptors (Lipinski definition) is 3. The number of carbonyl (C=O) groups excluding carboxylic acids is 2. The van der Waals surface area contributed by atoms with E-state index in [4.69, 9.17) is 4.74 Å². The highest BCUT2D eigenvalue weighted by atomic mass is 16.5. The molecule has 2 atom stereocenters. The molecule has 1 aliphatic carbocycles. The summed E-state index contributed by atoms with van der Waals surface area (Å²) < 4.78 is 4.93. The van der Waals surface area contributed by atoms with Crippen LogP contribution in [0.5, 0.6) is 0 Å². The predicted octanol–water partition coefficient (Wildman–Crippen LogP) is 2.34. The third-order valence-corrected chi connectivity index (χ3v) is 3.10. The minimum absolute atomic E-state index is 0.0570. The second-order valence-electron chi connectivity index (χ2n) is 4.29. The Bertz CT molecular complexity index is 335. The van der Waals surface area contributed by atoms with E-state index in [1.807, 2.05) is 6.92 Å². The molecule has 0 heterocycles. The van der Waals surface area contributed by atoms with Crippen LogP contribution in [0.15, 0.2) is 0 Å². The van der Waals surface area contributed by atoms with Crippen molar-refractivity contribution in [1.29, 1.82) is 0 Å². The van der Waals surface area contributed by atoms with E-state index in [1.165, 1.54) is 0 Å². The molecule has 1 fully saturated rings. The van der Waals surface area contributed by atoms with Gasteiger partial charge in [0, 0.05) is 31.6 Å². The molecule has 0 radical (unpaired) electrons. The Morgan fingerprint density at radius 3 is 2.82 bits per heavy atom. The SMILES string of the molecule is CCC#CCC1C(=O)CCC1CC(=O)OCC. The quantitative estimate of drug-likeness (QED) is 0.556. The number of esters is 1. The molecule has 0 aliphatic heterocycles. The van der Waals surface area contributed by atoms with Crippen LogP contribution >= 0.6 is 0 Å². The van der Waals surface area contributed by atoms with Gasteiger partial charge in [-0.25, -0.2) is 0 Å². The fraction of sp³-hybridized carbons (Fsp3) is 0.714. The summed E-state index contributed by atoms with van der Waals surface area (Å²) in [5, 5.41) is 0. The van der Waals surface area contributed by atoms with Gasteiger partial charge in [-0.05, 0) is 19.3 Å². The van der Waals surface area contributed by atoms with Gasteiger partial charge < -0.3 is 4.74 Å². The van der Waals surface area contributed by atoms with Gasteiger partial charge in [-0.1, -0.05) is 6.92 Å². The Labute approximate surface area is 103 Å². The Balaban J connectivity index is 2.52. The zero-order chi connectivity index (χ0) is 12.7. The van der Waals surface area contributed by atoms with Crippen molar-refractivity contribution >= 4 is 11.8 Å². The molecule has 0 spiro atoms. The van der Waals surface area contributed by atoms with Crippen molar-refractivity contribution in [3.63, 3.8) is 0 Å². The number of rotatable bonds is 4. The standard InChI is InChI=1S/C14H20O3/c1-3-5-6-7-12-11(8-9-13(12)15)10-14(16)17-4-2/h11-12H,3-4,7-10H2,1-2H3. The van der Waals surface area contributed by atoms with E-state index < -0.39 is 0 Å². The van der Waals surface area contributed by atoms with Gasteiger partial charge in [0.1, 0.15) is 5.78 Å². The van der Waals surface area contributed by atoms with E-state index >= 15 is 0 Å². The fourth-order valence-electron chi connectivity index (χ4n) is 2.24. The molecule has 3 heteroatoms. The molecular formula is C14H20O3. The van der Waals surface area contributed by atoms with Crippen molar-refractivity contribution in [3.05, 3.63) is 0 Å². The molecule has 0 aromatic carbocycles. The molecule has 94 valence electrons. The zero-order valence-electron chi connectivity index (χ0n) is 10.6. The highest BCUT2D eigenvalue weighted by molar-refractivity contribution is 5.84. The molecule has 1 rings (SSSR count). The van der Waals surface area contributed by atoms with Crippen molar-refractivity contribution in [2.45, 2.75) is 46.0 Å². The second kappa shape index (κ2) is 7.11. The molecule has 17 heavy (non-hydrogen) atoms. The Morgan fingerprint density at radius 2 is 2.18 bits per heavy atom. The summed E-state index contributed by atoms with van der Waals surface area (Å²) in [6.45, 7) is 4.18. The maximum absolute atomic E-state index is 11.7. The van der Waals surface area contributed by atoms with Crippen LogP contribution < -0.4 is 0 Å². The topological polar surface area (TPSA) is 43.4 Å². The van der Waals surface area contributed by atoms with Crippen LogP contribution in [0.1, 0.15) is 46.0 Å². The molecule has 0 aromatic rings. The van der Waals surface area contributed by atoms with Crippen LogP contribution in [-0.2, 0) is 14.3 Å². The first-order chi connectivity index (χ1) is 8.19. The van der Waals surface area contributed by atoms with Crippen LogP contribution in [-0.4, -0.2) is 18.4 Å². The second-order valence-corrected chi connectivity index (χ2v) is 4.29. The number of ketones is 1. The van der Waals surface area contributed by atoms with E-state index in [9.17, 15) is 9.59 Å². The Morgan fingerprint density at radius 1 is 1.41 bits per heavy atom. The summed E-state index contributed by atoms with van der Waals surface area (Å²) in [5.74, 6) is 6.13. The van der Waals surface area contributed by atoms with Gasteiger partial charge in [0.25, 0.3) is 0 Å². The molecular weight excluding hydrogens is 216 g/mol. The van der Waals surface area contributed by atoms with Crippen LogP contribution in [0.3, 0.4) is 0 Å². The smallest absolute Gasteiger partial charge is 0.306 e. The van der Waals surface area contributed by atoms with Gasteiger partial charge in [0.05, 0.1) is 6.61 Å². The highest BCUT2D eigenvalue weighted by Crippen LogP contribution is 2.33. The normalized spacial score (nSPS) is 23.1. The Hall–Kier alpha value is -1.30. The van der Waals surface area contributed by atoms with Crippen molar-refractivity contribution in [1.82, 2.24) is 0 Å². The first kappa shape index (κ1) is 13.8. The van der Waals surface area contributed by atoms with E-state index in [0.717, 1.165) is 12.8 Å². The molecule has 0 amide bonds. The van der Waals surface area contributed by atoms with E-state index in [2.05, 4.69) is 11.8 Å². The van der Waals surface area contributed by atoms with Gasteiger partial charge in [0.15, 0.2) is 0 Å². The third-order valence-electron chi connectivity index (χ3n) is 3.10. The molecule has 0 bridgehead atoms. The molecule has 0 aromatic heterocycles. The lowest BCUT2D eigenvalue weighted by molar-refractivity contribution is -0.144. The predicted molar refractivity (Wildman–Crippen MR) is 65.2 cm³/mol. The van der Waals surface area contributed by atoms with Crippen LogP contribution in [0.2, 0.25) is 0 Å². The van der Waals surface area contributed by atoms with Crippen LogP contribution in [0.25, 0.3) is 0 Å². The molecule has 0 N–H and O–H groups in total. The van der Waals surface area contributed by atoms with Crippen molar-refractivity contribution in [3.8, 4) is 11.8 Å². The molecule has 2 unspecified atom stereocenters. The van der Waals surface area contributed by atoms with Gasteiger partial charge in [0.2, 0.25) is 0 Å². The summed E-state index contributed by atoms with van der Waals surface area (Å²) >= 11 is 0. The lowest BCUT2D eigenvalue weighted by atomic mass is 9.90. The molecule has 1 aliphatic rings.